The summed E-state index contributed by atoms with van der Waals surface area (Å²) in [5.74, 6) is -1.29. The molecular weight excluding hydrogens is 444 g/mol. The predicted molar refractivity (Wildman–Crippen MR) is 133 cm³/mol. The van der Waals surface area contributed by atoms with Gasteiger partial charge in [-0.05, 0) is 47.4 Å². The van der Waals surface area contributed by atoms with E-state index >= 15 is 0 Å². The number of amides is 2. The number of carboxylic acid groups (broad SMARTS) is 1. The molecule has 1 fully saturated rings. The van der Waals surface area contributed by atoms with Crippen LogP contribution in [0.15, 0.2) is 48.5 Å². The fourth-order valence-corrected chi connectivity index (χ4v) is 5.31. The van der Waals surface area contributed by atoms with E-state index in [1.807, 2.05) is 38.1 Å². The minimum atomic E-state index is -0.928. The average Bonchev–Trinajstić information content (AvgIpc) is 3.16. The monoisotopic (exact) mass is 478 g/mol. The van der Waals surface area contributed by atoms with Gasteiger partial charge in [-0.3, -0.25) is 9.59 Å². The van der Waals surface area contributed by atoms with Crippen LogP contribution < -0.4 is 10.6 Å². The molecule has 2 aliphatic rings. The quantitative estimate of drug-likeness (QED) is 0.510. The molecule has 2 aromatic carbocycles. The van der Waals surface area contributed by atoms with Crippen molar-refractivity contribution in [3.05, 3.63) is 59.7 Å². The lowest BCUT2D eigenvalue weighted by Crippen LogP contribution is -2.46. The van der Waals surface area contributed by atoms with Crippen LogP contribution in [0.1, 0.15) is 63.0 Å². The van der Waals surface area contributed by atoms with E-state index in [1.165, 1.54) is 11.1 Å². The van der Waals surface area contributed by atoms with Gasteiger partial charge in [0.2, 0.25) is 5.91 Å². The normalized spacial score (nSPS) is 20.0. The van der Waals surface area contributed by atoms with Crippen LogP contribution in [0.4, 0.5) is 4.79 Å². The van der Waals surface area contributed by atoms with Crippen LogP contribution in [-0.2, 0) is 14.3 Å². The van der Waals surface area contributed by atoms with Gasteiger partial charge in [0, 0.05) is 23.9 Å². The fraction of sp³-hybridized carbons (Fsp3) is 0.464. The fourth-order valence-electron chi connectivity index (χ4n) is 5.31. The Hall–Kier alpha value is -3.35. The lowest BCUT2D eigenvalue weighted by atomic mass is 9.84. The molecule has 0 aromatic heterocycles. The number of benzene rings is 2. The first-order valence-corrected chi connectivity index (χ1v) is 12.5. The van der Waals surface area contributed by atoms with Gasteiger partial charge in [-0.2, -0.15) is 0 Å². The number of hydrogen-bond acceptors (Lipinski definition) is 4. The molecule has 4 rings (SSSR count). The molecule has 3 atom stereocenters. The van der Waals surface area contributed by atoms with Crippen LogP contribution in [0, 0.1) is 11.8 Å². The average molecular weight is 479 g/mol. The summed E-state index contributed by atoms with van der Waals surface area (Å²) in [5, 5.41) is 15.0. The molecule has 2 aliphatic carbocycles. The highest BCUT2D eigenvalue weighted by atomic mass is 16.5. The Bertz CT molecular complexity index is 1040. The number of nitrogens with one attached hydrogen (secondary N) is 2. The molecule has 0 aliphatic heterocycles. The Balaban J connectivity index is 1.31. The standard InChI is InChI=1S/C28H34N2O5/c1-17(2)25(15-26(31)32)30-27(33)18-8-7-9-19(14-18)29-28(34)35-16-24-22-12-5-3-10-20(22)21-11-4-6-13-23(21)24/h3-6,10-13,17-19,24-25H,7-9,14-16H2,1-2H3,(H,29,34)(H,30,33)(H,31,32)/t18-,19-,25+/m1/s1. The minimum Gasteiger partial charge on any atom is -0.481 e. The number of alkyl carbamates (subject to hydrolysis) is 1. The molecule has 0 spiro atoms. The SMILES string of the molecule is CC(C)[C@H](CC(=O)O)NC(=O)[C@@H]1CCC[C@@H](NC(=O)OCC2c3ccccc3-c3ccccc32)C1. The largest absolute Gasteiger partial charge is 0.481 e. The third-order valence-electron chi connectivity index (χ3n) is 7.24. The Morgan fingerprint density at radius 3 is 2.23 bits per heavy atom. The number of carbonyl (C=O) groups is 3. The molecule has 7 heteroatoms. The summed E-state index contributed by atoms with van der Waals surface area (Å²) in [6.07, 6.45) is 2.29. The van der Waals surface area contributed by atoms with E-state index in [0.29, 0.717) is 6.42 Å². The Labute approximate surface area is 206 Å². The zero-order chi connectivity index (χ0) is 24.9. The highest BCUT2D eigenvalue weighted by Crippen LogP contribution is 2.44. The molecule has 0 bridgehead atoms. The van der Waals surface area contributed by atoms with Gasteiger partial charge < -0.3 is 20.5 Å². The van der Waals surface area contributed by atoms with Crippen LogP contribution in [-0.4, -0.2) is 41.8 Å². The van der Waals surface area contributed by atoms with Gasteiger partial charge in [0.1, 0.15) is 6.61 Å². The van der Waals surface area contributed by atoms with Crippen LogP contribution in [0.2, 0.25) is 0 Å². The first-order chi connectivity index (χ1) is 16.8. The number of rotatable bonds is 8. The highest BCUT2D eigenvalue weighted by molar-refractivity contribution is 5.80. The lowest BCUT2D eigenvalue weighted by molar-refractivity contribution is -0.138. The van der Waals surface area contributed by atoms with Crippen LogP contribution in [0.25, 0.3) is 11.1 Å². The van der Waals surface area contributed by atoms with Crippen molar-refractivity contribution in [2.75, 3.05) is 6.61 Å². The molecule has 35 heavy (non-hydrogen) atoms. The second kappa shape index (κ2) is 10.9. The molecule has 0 radical (unpaired) electrons. The number of fused-ring (bicyclic) bond motifs is 3. The molecule has 7 nitrogen and oxygen atoms in total. The molecule has 2 amide bonds. The van der Waals surface area contributed by atoms with Gasteiger partial charge in [-0.1, -0.05) is 68.8 Å². The second-order valence-electron chi connectivity index (χ2n) is 9.99. The molecule has 186 valence electrons. The molecular formula is C28H34N2O5. The molecule has 0 saturated heterocycles. The van der Waals surface area contributed by atoms with Gasteiger partial charge in [-0.25, -0.2) is 4.79 Å². The topological polar surface area (TPSA) is 105 Å². The zero-order valence-corrected chi connectivity index (χ0v) is 20.3. The summed E-state index contributed by atoms with van der Waals surface area (Å²) in [4.78, 5) is 36.6. The molecule has 1 saturated carbocycles. The van der Waals surface area contributed by atoms with Crippen molar-refractivity contribution in [2.24, 2.45) is 11.8 Å². The van der Waals surface area contributed by atoms with Gasteiger partial charge in [0.15, 0.2) is 0 Å². The number of aliphatic carboxylic acids is 1. The maximum Gasteiger partial charge on any atom is 0.407 e. The van der Waals surface area contributed by atoms with E-state index in [2.05, 4.69) is 34.9 Å². The Kier molecular flexibility index (Phi) is 7.73. The second-order valence-corrected chi connectivity index (χ2v) is 9.99. The third-order valence-corrected chi connectivity index (χ3v) is 7.24. The summed E-state index contributed by atoms with van der Waals surface area (Å²) < 4.78 is 5.66. The van der Waals surface area contributed by atoms with Crippen LogP contribution >= 0.6 is 0 Å². The number of carbonyl (C=O) groups excluding carboxylic acids is 2. The van der Waals surface area contributed by atoms with Gasteiger partial charge in [0.05, 0.1) is 6.42 Å². The molecule has 2 aromatic rings. The smallest absolute Gasteiger partial charge is 0.407 e. The van der Waals surface area contributed by atoms with Crippen molar-refractivity contribution in [1.29, 1.82) is 0 Å². The van der Waals surface area contributed by atoms with Gasteiger partial charge in [0.25, 0.3) is 0 Å². The molecule has 0 heterocycles. The first kappa shape index (κ1) is 24.8. The summed E-state index contributed by atoms with van der Waals surface area (Å²) in [5.41, 5.74) is 4.69. The van der Waals surface area contributed by atoms with Gasteiger partial charge >= 0.3 is 12.1 Å². The van der Waals surface area contributed by atoms with Crippen molar-refractivity contribution in [3.8, 4) is 11.1 Å². The van der Waals surface area contributed by atoms with E-state index in [1.54, 1.807) is 0 Å². The van der Waals surface area contributed by atoms with Crippen LogP contribution in [0.3, 0.4) is 0 Å². The maximum atomic E-state index is 12.8. The zero-order valence-electron chi connectivity index (χ0n) is 20.3. The maximum absolute atomic E-state index is 12.8. The van der Waals surface area contributed by atoms with E-state index in [4.69, 9.17) is 9.84 Å². The van der Waals surface area contributed by atoms with Gasteiger partial charge in [-0.15, -0.1) is 0 Å². The van der Waals surface area contributed by atoms with E-state index in [0.717, 1.165) is 30.4 Å². The van der Waals surface area contributed by atoms with Crippen molar-refractivity contribution in [2.45, 2.75) is 64.0 Å². The predicted octanol–water partition coefficient (Wildman–Crippen LogP) is 4.70. The van der Waals surface area contributed by atoms with Crippen molar-refractivity contribution in [3.63, 3.8) is 0 Å². The van der Waals surface area contributed by atoms with E-state index in [9.17, 15) is 14.4 Å². The highest BCUT2D eigenvalue weighted by Gasteiger charge is 2.32. The third kappa shape index (κ3) is 5.84. The van der Waals surface area contributed by atoms with E-state index < -0.39 is 18.1 Å². The number of carboxylic acids is 1. The lowest BCUT2D eigenvalue weighted by Gasteiger charge is -2.30. The first-order valence-electron chi connectivity index (χ1n) is 12.5. The Morgan fingerprint density at radius 1 is 1.00 bits per heavy atom. The summed E-state index contributed by atoms with van der Waals surface area (Å²) in [7, 11) is 0. The van der Waals surface area contributed by atoms with Crippen molar-refractivity contribution in [1.82, 2.24) is 10.6 Å². The minimum absolute atomic E-state index is 0.000217. The molecule has 3 N–H and O–H groups in total. The number of hydrogen-bond donors (Lipinski definition) is 3. The van der Waals surface area contributed by atoms with E-state index in [-0.39, 0.29) is 42.7 Å². The summed E-state index contributed by atoms with van der Waals surface area (Å²) in [6, 6.07) is 15.9. The van der Waals surface area contributed by atoms with Crippen molar-refractivity contribution >= 4 is 18.0 Å². The molecule has 0 unspecified atom stereocenters. The Morgan fingerprint density at radius 2 is 1.63 bits per heavy atom. The van der Waals surface area contributed by atoms with Crippen LogP contribution in [0.5, 0.6) is 0 Å². The summed E-state index contributed by atoms with van der Waals surface area (Å²) >= 11 is 0. The number of ether oxygens (including phenoxy) is 1. The summed E-state index contributed by atoms with van der Waals surface area (Å²) in [6.45, 7) is 4.05. The van der Waals surface area contributed by atoms with Crippen molar-refractivity contribution < 1.29 is 24.2 Å².